The third kappa shape index (κ3) is 3.97. The lowest BCUT2D eigenvalue weighted by molar-refractivity contribution is -0.120. The number of benzene rings is 2. The van der Waals surface area contributed by atoms with E-state index in [1.54, 1.807) is 30.3 Å². The van der Waals surface area contributed by atoms with E-state index >= 15 is 0 Å². The number of hydrogen-bond acceptors (Lipinski definition) is 7. The van der Waals surface area contributed by atoms with Gasteiger partial charge in [-0.25, -0.2) is 4.39 Å². The van der Waals surface area contributed by atoms with Gasteiger partial charge in [0, 0.05) is 17.0 Å². The number of ether oxygens (including phenoxy) is 1. The molecular formula is C22H17FN6O3. The minimum absolute atomic E-state index is 0.110. The topological polar surface area (TPSA) is 107 Å². The molecule has 10 heteroatoms. The summed E-state index contributed by atoms with van der Waals surface area (Å²) in [4.78, 5) is 12.2. The first-order valence-electron chi connectivity index (χ1n) is 9.88. The molecule has 1 N–H and O–H groups in total. The highest BCUT2D eigenvalue weighted by atomic mass is 19.1. The first-order valence-corrected chi connectivity index (χ1v) is 9.88. The van der Waals surface area contributed by atoms with E-state index in [0.717, 1.165) is 5.39 Å². The summed E-state index contributed by atoms with van der Waals surface area (Å²) in [5, 5.41) is 20.1. The fourth-order valence-electron chi connectivity index (χ4n) is 3.28. The minimum atomic E-state index is -0.374. The van der Waals surface area contributed by atoms with Gasteiger partial charge in [0.1, 0.15) is 18.1 Å². The van der Waals surface area contributed by atoms with E-state index in [9.17, 15) is 9.18 Å². The summed E-state index contributed by atoms with van der Waals surface area (Å²) in [5.74, 6) is 0.161. The van der Waals surface area contributed by atoms with Gasteiger partial charge >= 0.3 is 0 Å². The second-order valence-electron chi connectivity index (χ2n) is 6.98. The summed E-state index contributed by atoms with van der Waals surface area (Å²) in [7, 11) is 0. The van der Waals surface area contributed by atoms with Crippen LogP contribution in [0, 0.1) is 5.82 Å². The molecule has 0 fully saturated rings. The molecule has 160 valence electrons. The maximum atomic E-state index is 13.6. The summed E-state index contributed by atoms with van der Waals surface area (Å²) in [6.45, 7) is 0.495. The molecule has 3 aromatic heterocycles. The highest BCUT2D eigenvalue weighted by Gasteiger charge is 2.13. The Labute approximate surface area is 180 Å². The Kier molecular flexibility index (Phi) is 5.16. The predicted octanol–water partition coefficient (Wildman–Crippen LogP) is 2.81. The second-order valence-corrected chi connectivity index (χ2v) is 6.98. The van der Waals surface area contributed by atoms with Crippen molar-refractivity contribution in [2.45, 2.75) is 6.42 Å². The van der Waals surface area contributed by atoms with Crippen LogP contribution >= 0.6 is 0 Å². The molecule has 9 nitrogen and oxygen atoms in total. The van der Waals surface area contributed by atoms with Crippen LogP contribution in [-0.4, -0.2) is 44.0 Å². The van der Waals surface area contributed by atoms with E-state index in [-0.39, 0.29) is 31.3 Å². The van der Waals surface area contributed by atoms with Gasteiger partial charge in [0.25, 0.3) is 0 Å². The van der Waals surface area contributed by atoms with Gasteiger partial charge < -0.3 is 14.6 Å². The molecule has 32 heavy (non-hydrogen) atoms. The third-order valence-corrected chi connectivity index (χ3v) is 4.78. The normalized spacial score (nSPS) is 11.2. The third-order valence-electron chi connectivity index (χ3n) is 4.78. The second kappa shape index (κ2) is 8.42. The number of nitrogens with one attached hydrogen (secondary N) is 1. The summed E-state index contributed by atoms with van der Waals surface area (Å²) in [6, 6.07) is 16.8. The van der Waals surface area contributed by atoms with E-state index in [0.29, 0.717) is 34.2 Å². The molecule has 0 unspecified atom stereocenters. The SMILES string of the molecule is O=C(Cc1noc2ccccc12)NCCOc1ccc2nnc(-c3cccc(F)c3)n2n1. The van der Waals surface area contributed by atoms with E-state index in [1.807, 2.05) is 18.2 Å². The maximum Gasteiger partial charge on any atom is 0.231 e. The van der Waals surface area contributed by atoms with Gasteiger partial charge in [0.15, 0.2) is 17.1 Å². The molecule has 0 spiro atoms. The fourth-order valence-corrected chi connectivity index (χ4v) is 3.28. The number of aromatic nitrogens is 5. The van der Waals surface area contributed by atoms with Crippen molar-refractivity contribution in [2.75, 3.05) is 13.2 Å². The lowest BCUT2D eigenvalue weighted by atomic mass is 10.2. The van der Waals surface area contributed by atoms with Crippen LogP contribution in [0.1, 0.15) is 5.69 Å². The van der Waals surface area contributed by atoms with Crippen LogP contribution in [0.4, 0.5) is 4.39 Å². The van der Waals surface area contributed by atoms with E-state index in [2.05, 4.69) is 25.8 Å². The molecule has 0 bridgehead atoms. The molecule has 3 heterocycles. The van der Waals surface area contributed by atoms with Gasteiger partial charge in [-0.3, -0.25) is 4.79 Å². The number of rotatable bonds is 7. The number of amides is 1. The summed E-state index contributed by atoms with van der Waals surface area (Å²) in [6.07, 6.45) is 0.110. The first-order chi connectivity index (χ1) is 15.7. The summed E-state index contributed by atoms with van der Waals surface area (Å²) in [5.41, 5.74) is 2.29. The Morgan fingerprint density at radius 3 is 2.91 bits per heavy atom. The molecular weight excluding hydrogens is 415 g/mol. The highest BCUT2D eigenvalue weighted by molar-refractivity contribution is 5.86. The molecule has 0 saturated carbocycles. The summed E-state index contributed by atoms with van der Waals surface area (Å²) < 4.78 is 25.9. The van der Waals surface area contributed by atoms with Crippen molar-refractivity contribution in [3.05, 3.63) is 72.2 Å². The molecule has 0 radical (unpaired) electrons. The molecule has 1 amide bonds. The number of nitrogens with zero attached hydrogens (tertiary/aromatic N) is 5. The summed E-state index contributed by atoms with van der Waals surface area (Å²) >= 11 is 0. The fraction of sp³-hybridized carbons (Fsp3) is 0.136. The average molecular weight is 432 g/mol. The molecule has 5 aromatic rings. The Bertz CT molecular complexity index is 1410. The van der Waals surface area contributed by atoms with Gasteiger partial charge in [0.2, 0.25) is 11.8 Å². The Morgan fingerprint density at radius 2 is 2.00 bits per heavy atom. The maximum absolute atomic E-state index is 13.6. The number of hydrogen-bond donors (Lipinski definition) is 1. The molecule has 0 aliphatic rings. The zero-order valence-electron chi connectivity index (χ0n) is 16.7. The van der Waals surface area contributed by atoms with Gasteiger partial charge in [-0.15, -0.1) is 15.3 Å². The highest BCUT2D eigenvalue weighted by Crippen LogP contribution is 2.20. The predicted molar refractivity (Wildman–Crippen MR) is 112 cm³/mol. The molecule has 5 rings (SSSR count). The lowest BCUT2D eigenvalue weighted by Gasteiger charge is -2.07. The zero-order valence-corrected chi connectivity index (χ0v) is 16.7. The molecule has 0 aliphatic carbocycles. The van der Waals surface area contributed by atoms with Crippen molar-refractivity contribution in [1.29, 1.82) is 0 Å². The Morgan fingerprint density at radius 1 is 1.09 bits per heavy atom. The van der Waals surface area contributed by atoms with Crippen molar-refractivity contribution >= 4 is 22.5 Å². The van der Waals surface area contributed by atoms with Crippen LogP contribution in [0.25, 0.3) is 28.0 Å². The minimum Gasteiger partial charge on any atom is -0.475 e. The zero-order chi connectivity index (χ0) is 21.9. The number of carbonyl (C=O) groups is 1. The van der Waals surface area contributed by atoms with Crippen molar-refractivity contribution in [1.82, 2.24) is 30.3 Å². The number of carbonyl (C=O) groups excluding carboxylic acids is 1. The van der Waals surface area contributed by atoms with Crippen LogP contribution in [-0.2, 0) is 11.2 Å². The quantitative estimate of drug-likeness (QED) is 0.394. The van der Waals surface area contributed by atoms with E-state index in [4.69, 9.17) is 9.26 Å². The molecule has 2 aromatic carbocycles. The van der Waals surface area contributed by atoms with Crippen molar-refractivity contribution in [3.8, 4) is 17.3 Å². The first kappa shape index (κ1) is 19.6. The van der Waals surface area contributed by atoms with Crippen LogP contribution in [0.15, 0.2) is 65.2 Å². The van der Waals surface area contributed by atoms with Crippen molar-refractivity contribution in [3.63, 3.8) is 0 Å². The van der Waals surface area contributed by atoms with Crippen LogP contribution in [0.2, 0.25) is 0 Å². The van der Waals surface area contributed by atoms with Gasteiger partial charge in [-0.1, -0.05) is 29.4 Å². The lowest BCUT2D eigenvalue weighted by Crippen LogP contribution is -2.29. The number of halogens is 1. The van der Waals surface area contributed by atoms with Crippen LogP contribution < -0.4 is 10.1 Å². The smallest absolute Gasteiger partial charge is 0.231 e. The number of fused-ring (bicyclic) bond motifs is 2. The van der Waals surface area contributed by atoms with Gasteiger partial charge in [-0.2, -0.15) is 4.52 Å². The Hall–Kier alpha value is -4.34. The average Bonchev–Trinajstić information content (AvgIpc) is 3.41. The van der Waals surface area contributed by atoms with Crippen molar-refractivity contribution in [2.24, 2.45) is 0 Å². The monoisotopic (exact) mass is 432 g/mol. The van der Waals surface area contributed by atoms with Crippen molar-refractivity contribution < 1.29 is 18.4 Å². The molecule has 0 atom stereocenters. The van der Waals surface area contributed by atoms with Crippen LogP contribution in [0.5, 0.6) is 5.88 Å². The van der Waals surface area contributed by atoms with E-state index < -0.39 is 0 Å². The largest absolute Gasteiger partial charge is 0.475 e. The molecule has 0 aliphatic heterocycles. The van der Waals surface area contributed by atoms with E-state index in [1.165, 1.54) is 16.6 Å². The number of para-hydroxylation sites is 1. The molecule has 0 saturated heterocycles. The standard InChI is InChI=1S/C22H17FN6O3/c23-15-5-3-4-14(12-15)22-26-25-19-8-9-21(27-29(19)22)31-11-10-24-20(30)13-17-16-6-1-2-7-18(16)32-28-17/h1-9,12H,10-11,13H2,(H,24,30). The van der Waals surface area contributed by atoms with Gasteiger partial charge in [-0.05, 0) is 30.3 Å². The van der Waals surface area contributed by atoms with Gasteiger partial charge in [0.05, 0.1) is 13.0 Å². The Balaban J connectivity index is 1.19. The van der Waals surface area contributed by atoms with Crippen LogP contribution in [0.3, 0.4) is 0 Å².